The number of hydrogen-bond acceptors (Lipinski definition) is 5. The number of carbonyl (C=O) groups is 2. The molecule has 2 unspecified atom stereocenters. The fourth-order valence-electron chi connectivity index (χ4n) is 3.46. The van der Waals surface area contributed by atoms with Gasteiger partial charge in [0.05, 0.1) is 26.8 Å². The lowest BCUT2D eigenvalue weighted by atomic mass is 9.99. The number of piperidine rings is 1. The van der Waals surface area contributed by atoms with Crippen LogP contribution in [0.4, 0.5) is 0 Å². The topological polar surface area (TPSA) is 93.9 Å². The van der Waals surface area contributed by atoms with Gasteiger partial charge >= 0.3 is 0 Å². The molecule has 1 aliphatic rings. The summed E-state index contributed by atoms with van der Waals surface area (Å²) in [5.74, 6) is 0.998. The first kappa shape index (κ1) is 20.0. The van der Waals surface area contributed by atoms with Crippen LogP contribution in [0.25, 0.3) is 0 Å². The number of methoxy groups -OCH3 is 2. The highest BCUT2D eigenvalue weighted by atomic mass is 16.5. The van der Waals surface area contributed by atoms with Crippen molar-refractivity contribution in [2.45, 2.75) is 44.7 Å². The van der Waals surface area contributed by atoms with Crippen LogP contribution in [0.3, 0.4) is 0 Å². The van der Waals surface area contributed by atoms with Gasteiger partial charge in [0, 0.05) is 18.0 Å². The van der Waals surface area contributed by atoms with Crippen molar-refractivity contribution in [2.24, 2.45) is 5.73 Å². The van der Waals surface area contributed by atoms with Crippen LogP contribution in [-0.4, -0.2) is 50.1 Å². The minimum absolute atomic E-state index is 0.0497. The summed E-state index contributed by atoms with van der Waals surface area (Å²) in [6.45, 7) is 2.98. The van der Waals surface area contributed by atoms with Gasteiger partial charge in [0.15, 0.2) is 0 Å². The molecule has 1 aliphatic heterocycles. The highest BCUT2D eigenvalue weighted by Crippen LogP contribution is 2.29. The van der Waals surface area contributed by atoms with E-state index in [1.165, 1.54) is 0 Å². The number of benzene rings is 1. The van der Waals surface area contributed by atoms with E-state index in [4.69, 9.17) is 15.2 Å². The highest BCUT2D eigenvalue weighted by Gasteiger charge is 2.26. The van der Waals surface area contributed by atoms with Crippen LogP contribution in [0.5, 0.6) is 11.5 Å². The summed E-state index contributed by atoms with van der Waals surface area (Å²) < 4.78 is 10.7. The molecule has 7 nitrogen and oxygen atoms in total. The molecule has 0 bridgehead atoms. The molecule has 26 heavy (non-hydrogen) atoms. The Morgan fingerprint density at radius 3 is 2.73 bits per heavy atom. The van der Waals surface area contributed by atoms with E-state index in [0.29, 0.717) is 17.9 Å². The maximum atomic E-state index is 12.5. The third-order valence-corrected chi connectivity index (χ3v) is 4.81. The number of primary amides is 1. The van der Waals surface area contributed by atoms with Crippen LogP contribution in [-0.2, 0) is 9.59 Å². The molecule has 3 N–H and O–H groups in total. The summed E-state index contributed by atoms with van der Waals surface area (Å²) in [5, 5.41) is 3.01. The Morgan fingerprint density at radius 1 is 1.31 bits per heavy atom. The number of ether oxygens (including phenoxy) is 2. The van der Waals surface area contributed by atoms with E-state index < -0.39 is 0 Å². The van der Waals surface area contributed by atoms with Gasteiger partial charge < -0.3 is 20.5 Å². The molecule has 1 aromatic carbocycles. The Kier molecular flexibility index (Phi) is 7.26. The fraction of sp³-hybridized carbons (Fsp3) is 0.579. The van der Waals surface area contributed by atoms with E-state index >= 15 is 0 Å². The van der Waals surface area contributed by atoms with Crippen molar-refractivity contribution in [1.82, 2.24) is 10.2 Å². The average molecular weight is 363 g/mol. The molecule has 1 heterocycles. The van der Waals surface area contributed by atoms with Gasteiger partial charge in [0.1, 0.15) is 11.5 Å². The lowest BCUT2D eigenvalue weighted by Gasteiger charge is -2.34. The van der Waals surface area contributed by atoms with Crippen LogP contribution in [0.15, 0.2) is 18.2 Å². The number of nitrogens with two attached hydrogens (primary N) is 1. The van der Waals surface area contributed by atoms with Crippen LogP contribution >= 0.6 is 0 Å². The average Bonchev–Trinajstić information content (AvgIpc) is 2.62. The molecule has 1 aromatic rings. The number of rotatable bonds is 8. The summed E-state index contributed by atoms with van der Waals surface area (Å²) >= 11 is 0. The summed E-state index contributed by atoms with van der Waals surface area (Å²) in [4.78, 5) is 25.9. The Hall–Kier alpha value is -2.28. The number of carbonyl (C=O) groups excluding carboxylic acids is 2. The van der Waals surface area contributed by atoms with Gasteiger partial charge in [0.25, 0.3) is 0 Å². The van der Waals surface area contributed by atoms with Crippen molar-refractivity contribution in [3.63, 3.8) is 0 Å². The molecule has 1 fully saturated rings. The van der Waals surface area contributed by atoms with Crippen molar-refractivity contribution in [1.29, 1.82) is 0 Å². The molecule has 0 aliphatic carbocycles. The lowest BCUT2D eigenvalue weighted by molar-refractivity contribution is -0.125. The smallest absolute Gasteiger partial charge is 0.234 e. The number of likely N-dealkylation sites (tertiary alicyclic amines) is 1. The first-order valence-electron chi connectivity index (χ1n) is 8.98. The number of hydrogen-bond donors (Lipinski definition) is 2. The zero-order valence-electron chi connectivity index (χ0n) is 15.8. The third kappa shape index (κ3) is 5.36. The maximum absolute atomic E-state index is 12.5. The Balaban J connectivity index is 2.01. The normalized spacial score (nSPS) is 18.8. The Labute approximate surface area is 154 Å². The molecule has 0 saturated carbocycles. The minimum Gasteiger partial charge on any atom is -0.497 e. The van der Waals surface area contributed by atoms with Gasteiger partial charge in [-0.05, 0) is 44.5 Å². The summed E-state index contributed by atoms with van der Waals surface area (Å²) in [5.41, 5.74) is 6.19. The molecule has 1 saturated heterocycles. The van der Waals surface area contributed by atoms with Crippen LogP contribution in [0.1, 0.15) is 44.2 Å². The van der Waals surface area contributed by atoms with Gasteiger partial charge in [-0.3, -0.25) is 14.5 Å². The minimum atomic E-state index is -0.322. The second-order valence-electron chi connectivity index (χ2n) is 6.69. The van der Waals surface area contributed by atoms with Gasteiger partial charge in [-0.1, -0.05) is 6.42 Å². The predicted octanol–water partition coefficient (Wildman–Crippen LogP) is 1.61. The quantitative estimate of drug-likeness (QED) is 0.732. The summed E-state index contributed by atoms with van der Waals surface area (Å²) in [7, 11) is 3.20. The van der Waals surface area contributed by atoms with E-state index in [-0.39, 0.29) is 30.4 Å². The van der Waals surface area contributed by atoms with Crippen molar-refractivity contribution in [2.75, 3.05) is 27.3 Å². The van der Waals surface area contributed by atoms with Gasteiger partial charge in [-0.15, -0.1) is 0 Å². The van der Waals surface area contributed by atoms with Crippen molar-refractivity contribution < 1.29 is 19.1 Å². The van der Waals surface area contributed by atoms with Gasteiger partial charge in [0.2, 0.25) is 11.8 Å². The molecular formula is C19H29N3O4. The SMILES string of the molecule is COc1ccc(OC)c(C(C)NC(=O)CN2CCCCC2CC(N)=O)c1. The van der Waals surface area contributed by atoms with E-state index in [1.54, 1.807) is 14.2 Å². The third-order valence-electron chi connectivity index (χ3n) is 4.81. The fourth-order valence-corrected chi connectivity index (χ4v) is 3.46. The van der Waals surface area contributed by atoms with Crippen LogP contribution in [0, 0.1) is 0 Å². The predicted molar refractivity (Wildman–Crippen MR) is 99.1 cm³/mol. The molecule has 144 valence electrons. The molecule has 2 rings (SSSR count). The first-order chi connectivity index (χ1) is 12.4. The standard InChI is InChI=1S/C19H29N3O4/c1-13(16-11-15(25-2)7-8-17(16)26-3)21-19(24)12-22-9-5-4-6-14(22)10-18(20)23/h7-8,11,13-14H,4-6,9-10,12H2,1-3H3,(H2,20,23)(H,21,24). The zero-order valence-corrected chi connectivity index (χ0v) is 15.8. The highest BCUT2D eigenvalue weighted by molar-refractivity contribution is 5.79. The van der Waals surface area contributed by atoms with E-state index in [0.717, 1.165) is 31.4 Å². The molecule has 2 atom stereocenters. The number of nitrogens with one attached hydrogen (secondary N) is 1. The monoisotopic (exact) mass is 363 g/mol. The molecule has 0 aromatic heterocycles. The molecule has 7 heteroatoms. The van der Waals surface area contributed by atoms with Crippen molar-refractivity contribution >= 4 is 11.8 Å². The molecule has 0 radical (unpaired) electrons. The summed E-state index contributed by atoms with van der Waals surface area (Å²) in [6, 6.07) is 5.32. The van der Waals surface area contributed by atoms with E-state index in [1.807, 2.05) is 25.1 Å². The van der Waals surface area contributed by atoms with Crippen molar-refractivity contribution in [3.05, 3.63) is 23.8 Å². The molecule has 2 amide bonds. The lowest BCUT2D eigenvalue weighted by Crippen LogP contribution is -2.47. The van der Waals surface area contributed by atoms with Crippen LogP contribution < -0.4 is 20.5 Å². The Morgan fingerprint density at radius 2 is 2.08 bits per heavy atom. The van der Waals surface area contributed by atoms with E-state index in [9.17, 15) is 9.59 Å². The second kappa shape index (κ2) is 9.43. The zero-order chi connectivity index (χ0) is 19.1. The maximum Gasteiger partial charge on any atom is 0.234 e. The van der Waals surface area contributed by atoms with Gasteiger partial charge in [-0.2, -0.15) is 0 Å². The first-order valence-corrected chi connectivity index (χ1v) is 8.98. The Bertz CT molecular complexity index is 635. The number of amides is 2. The van der Waals surface area contributed by atoms with Crippen molar-refractivity contribution in [3.8, 4) is 11.5 Å². The van der Waals surface area contributed by atoms with Gasteiger partial charge in [-0.25, -0.2) is 0 Å². The number of nitrogens with zero attached hydrogens (tertiary/aromatic N) is 1. The molecule has 0 spiro atoms. The second-order valence-corrected chi connectivity index (χ2v) is 6.69. The van der Waals surface area contributed by atoms with Crippen LogP contribution in [0.2, 0.25) is 0 Å². The van der Waals surface area contributed by atoms with E-state index in [2.05, 4.69) is 10.2 Å². The largest absolute Gasteiger partial charge is 0.497 e. The molecular weight excluding hydrogens is 334 g/mol. The summed E-state index contributed by atoms with van der Waals surface area (Å²) in [6.07, 6.45) is 3.29.